The minimum atomic E-state index is 0.191. The highest BCUT2D eigenvalue weighted by Crippen LogP contribution is 2.37. The lowest BCUT2D eigenvalue weighted by Gasteiger charge is -2.16. The second kappa shape index (κ2) is 6.12. The number of rotatable bonds is 5. The van der Waals surface area contributed by atoms with E-state index < -0.39 is 0 Å². The number of fused-ring (bicyclic) bond motifs is 1. The largest absolute Gasteiger partial charge is 0.472 e. The van der Waals surface area contributed by atoms with Crippen LogP contribution in [0.3, 0.4) is 0 Å². The van der Waals surface area contributed by atoms with Crippen molar-refractivity contribution in [3.8, 4) is 0 Å². The van der Waals surface area contributed by atoms with Crippen LogP contribution in [0.2, 0.25) is 0 Å². The molecule has 1 atom stereocenters. The van der Waals surface area contributed by atoms with Gasteiger partial charge in [-0.1, -0.05) is 19.1 Å². The Hall–Kier alpha value is -1.10. The molecule has 3 rings (SSSR count). The average molecular weight is 350 g/mol. The van der Waals surface area contributed by atoms with Crippen LogP contribution < -0.4 is 5.32 Å². The molecule has 0 fully saturated rings. The molecule has 2 heterocycles. The van der Waals surface area contributed by atoms with Crippen LogP contribution in [0.15, 0.2) is 51.1 Å². The maximum absolute atomic E-state index is 5.26. The molecule has 0 spiro atoms. The van der Waals surface area contributed by atoms with Gasteiger partial charge >= 0.3 is 0 Å². The summed E-state index contributed by atoms with van der Waals surface area (Å²) in [6, 6.07) is 8.60. The molecule has 1 aromatic carbocycles. The van der Waals surface area contributed by atoms with Crippen LogP contribution in [0.25, 0.3) is 10.1 Å². The van der Waals surface area contributed by atoms with Crippen LogP contribution in [-0.2, 0) is 0 Å². The van der Waals surface area contributed by atoms with Gasteiger partial charge in [-0.3, -0.25) is 0 Å². The number of furan rings is 1. The first-order valence-corrected chi connectivity index (χ1v) is 8.39. The molecule has 0 radical (unpaired) electrons. The van der Waals surface area contributed by atoms with Gasteiger partial charge in [-0.05, 0) is 57.4 Å². The molecule has 3 aromatic rings. The maximum atomic E-state index is 5.26. The van der Waals surface area contributed by atoms with Crippen molar-refractivity contribution in [2.24, 2.45) is 0 Å². The van der Waals surface area contributed by atoms with Crippen molar-refractivity contribution in [2.45, 2.75) is 19.4 Å². The Labute approximate surface area is 130 Å². The fraction of sp³-hybridized carbons (Fsp3) is 0.250. The molecule has 0 bridgehead atoms. The number of halogens is 1. The Morgan fingerprint density at radius 3 is 3.00 bits per heavy atom. The summed E-state index contributed by atoms with van der Waals surface area (Å²) in [6.45, 7) is 3.17. The van der Waals surface area contributed by atoms with Gasteiger partial charge in [-0.15, -0.1) is 11.3 Å². The number of thiophene rings is 1. The van der Waals surface area contributed by atoms with Gasteiger partial charge in [0.25, 0.3) is 0 Å². The molecule has 20 heavy (non-hydrogen) atoms. The Balaban J connectivity index is 2.07. The van der Waals surface area contributed by atoms with E-state index in [1.54, 1.807) is 17.6 Å². The maximum Gasteiger partial charge on any atom is 0.0953 e. The van der Waals surface area contributed by atoms with Crippen molar-refractivity contribution >= 4 is 37.4 Å². The summed E-state index contributed by atoms with van der Waals surface area (Å²) in [7, 11) is 0. The molecule has 0 aliphatic heterocycles. The van der Waals surface area contributed by atoms with E-state index in [1.807, 2.05) is 12.3 Å². The third kappa shape index (κ3) is 2.55. The van der Waals surface area contributed by atoms with Gasteiger partial charge < -0.3 is 9.73 Å². The van der Waals surface area contributed by atoms with Crippen molar-refractivity contribution in [3.05, 3.63) is 57.8 Å². The molecule has 2 aromatic heterocycles. The summed E-state index contributed by atoms with van der Waals surface area (Å²) in [5.41, 5.74) is 2.50. The third-order valence-electron chi connectivity index (χ3n) is 3.37. The summed E-state index contributed by atoms with van der Waals surface area (Å²) >= 11 is 5.41. The molecule has 0 saturated heterocycles. The Morgan fingerprint density at radius 2 is 2.25 bits per heavy atom. The molecular formula is C16H16BrNOS. The summed E-state index contributed by atoms with van der Waals surface area (Å²) in [5.74, 6) is 0. The predicted octanol–water partition coefficient (Wildman–Crippen LogP) is 5.35. The lowest BCUT2D eigenvalue weighted by atomic mass is 10.0. The molecule has 0 amide bonds. The van der Waals surface area contributed by atoms with E-state index in [0.29, 0.717) is 0 Å². The van der Waals surface area contributed by atoms with Crippen molar-refractivity contribution in [1.29, 1.82) is 0 Å². The molecule has 0 aliphatic carbocycles. The lowest BCUT2D eigenvalue weighted by molar-refractivity contribution is 0.549. The molecule has 104 valence electrons. The zero-order valence-electron chi connectivity index (χ0n) is 11.2. The topological polar surface area (TPSA) is 25.2 Å². The van der Waals surface area contributed by atoms with Crippen LogP contribution in [0.4, 0.5) is 0 Å². The van der Waals surface area contributed by atoms with Crippen molar-refractivity contribution in [3.63, 3.8) is 0 Å². The Morgan fingerprint density at radius 1 is 1.35 bits per heavy atom. The average Bonchev–Trinajstić information content (AvgIpc) is 3.10. The van der Waals surface area contributed by atoms with Crippen molar-refractivity contribution in [2.75, 3.05) is 6.54 Å². The molecule has 0 aliphatic rings. The Bertz CT molecular complexity index is 690. The van der Waals surface area contributed by atoms with Gasteiger partial charge in [0.05, 0.1) is 18.6 Å². The van der Waals surface area contributed by atoms with Crippen molar-refractivity contribution in [1.82, 2.24) is 5.32 Å². The highest BCUT2D eigenvalue weighted by atomic mass is 79.9. The Kier molecular flexibility index (Phi) is 4.24. The minimum Gasteiger partial charge on any atom is -0.472 e. The smallest absolute Gasteiger partial charge is 0.0953 e. The van der Waals surface area contributed by atoms with E-state index in [2.05, 4.69) is 51.7 Å². The van der Waals surface area contributed by atoms with Crippen molar-refractivity contribution < 1.29 is 4.42 Å². The lowest BCUT2D eigenvalue weighted by Crippen LogP contribution is -2.22. The first kappa shape index (κ1) is 13.9. The highest BCUT2D eigenvalue weighted by Gasteiger charge is 2.19. The number of benzene rings is 1. The fourth-order valence-electron chi connectivity index (χ4n) is 2.40. The molecule has 2 nitrogen and oxygen atoms in total. The van der Waals surface area contributed by atoms with Crippen LogP contribution in [-0.4, -0.2) is 6.54 Å². The summed E-state index contributed by atoms with van der Waals surface area (Å²) in [5, 5.41) is 7.17. The summed E-state index contributed by atoms with van der Waals surface area (Å²) < 4.78 is 7.72. The van der Waals surface area contributed by atoms with Gasteiger partial charge in [0, 0.05) is 14.7 Å². The minimum absolute atomic E-state index is 0.191. The van der Waals surface area contributed by atoms with Gasteiger partial charge in [-0.25, -0.2) is 0 Å². The first-order valence-electron chi connectivity index (χ1n) is 6.72. The van der Waals surface area contributed by atoms with Gasteiger partial charge in [0.1, 0.15) is 0 Å². The molecule has 0 saturated carbocycles. The van der Waals surface area contributed by atoms with E-state index in [-0.39, 0.29) is 6.04 Å². The molecule has 4 heteroatoms. The van der Waals surface area contributed by atoms with E-state index >= 15 is 0 Å². The van der Waals surface area contributed by atoms with E-state index in [4.69, 9.17) is 4.42 Å². The molecule has 1 unspecified atom stereocenters. The number of hydrogen-bond donors (Lipinski definition) is 1. The molecule has 1 N–H and O–H groups in total. The SMILES string of the molecule is CCCNC(c1ccoc1)c1csc2c(Br)cccc12. The second-order valence-electron chi connectivity index (χ2n) is 4.75. The van der Waals surface area contributed by atoms with E-state index in [0.717, 1.165) is 17.4 Å². The van der Waals surface area contributed by atoms with E-state index in [1.165, 1.54) is 21.2 Å². The fourth-order valence-corrected chi connectivity index (χ4v) is 4.05. The van der Waals surface area contributed by atoms with Gasteiger partial charge in [0.2, 0.25) is 0 Å². The predicted molar refractivity (Wildman–Crippen MR) is 88.4 cm³/mol. The third-order valence-corrected chi connectivity index (χ3v) is 5.34. The number of hydrogen-bond acceptors (Lipinski definition) is 3. The van der Waals surface area contributed by atoms with Gasteiger partial charge in [-0.2, -0.15) is 0 Å². The summed E-state index contributed by atoms with van der Waals surface area (Å²) in [6.07, 6.45) is 4.68. The summed E-state index contributed by atoms with van der Waals surface area (Å²) in [4.78, 5) is 0. The quantitative estimate of drug-likeness (QED) is 0.671. The van der Waals surface area contributed by atoms with Gasteiger partial charge in [0.15, 0.2) is 0 Å². The first-order chi connectivity index (χ1) is 9.81. The highest BCUT2D eigenvalue weighted by molar-refractivity contribution is 9.10. The van der Waals surface area contributed by atoms with E-state index in [9.17, 15) is 0 Å². The van der Waals surface area contributed by atoms with Crippen LogP contribution in [0.5, 0.6) is 0 Å². The van der Waals surface area contributed by atoms with Crippen LogP contribution in [0, 0.1) is 0 Å². The number of nitrogens with one attached hydrogen (secondary N) is 1. The van der Waals surface area contributed by atoms with Crippen LogP contribution >= 0.6 is 27.3 Å². The normalized spacial score (nSPS) is 12.9. The standard InChI is InChI=1S/C16H16BrNOS/c1-2-7-18-15(11-6-8-19-9-11)13-10-20-16-12(13)4-3-5-14(16)17/h3-6,8-10,15,18H,2,7H2,1H3. The van der Waals surface area contributed by atoms with Crippen LogP contribution in [0.1, 0.15) is 30.5 Å². The second-order valence-corrected chi connectivity index (χ2v) is 6.49. The molecular weight excluding hydrogens is 334 g/mol. The zero-order valence-corrected chi connectivity index (χ0v) is 13.6. The monoisotopic (exact) mass is 349 g/mol. The zero-order chi connectivity index (χ0) is 13.9.